The number of anilines is 2. The number of hydrogen-bond acceptors (Lipinski definition) is 6. The summed E-state index contributed by atoms with van der Waals surface area (Å²) in [6.07, 6.45) is 6.25. The number of nitrogens with one attached hydrogen (secondary N) is 2. The maximum Gasteiger partial charge on any atom is 0.248 e. The van der Waals surface area contributed by atoms with Crippen molar-refractivity contribution in [2.75, 3.05) is 10.2 Å². The summed E-state index contributed by atoms with van der Waals surface area (Å²) in [5.41, 5.74) is 0.387. The van der Waals surface area contributed by atoms with Crippen molar-refractivity contribution < 1.29 is 23.3 Å². The van der Waals surface area contributed by atoms with Crippen LogP contribution in [0, 0.1) is 12.7 Å². The monoisotopic (exact) mass is 493 g/mol. The second-order valence-electron chi connectivity index (χ2n) is 8.76. The summed E-state index contributed by atoms with van der Waals surface area (Å²) in [5, 5.41) is 9.27. The molecular weight excluding hydrogens is 465 g/mol. The molecule has 0 bridgehead atoms. The molecule has 36 heavy (non-hydrogen) atoms. The van der Waals surface area contributed by atoms with Crippen molar-refractivity contribution in [3.8, 4) is 0 Å². The van der Waals surface area contributed by atoms with E-state index in [1.807, 2.05) is 0 Å². The van der Waals surface area contributed by atoms with Crippen molar-refractivity contribution in [1.82, 2.24) is 15.5 Å². The van der Waals surface area contributed by atoms with Crippen molar-refractivity contribution >= 4 is 29.2 Å². The molecular formula is C26H28FN5O4. The van der Waals surface area contributed by atoms with Gasteiger partial charge in [-0.1, -0.05) is 36.2 Å². The summed E-state index contributed by atoms with van der Waals surface area (Å²) >= 11 is 0. The Balaban J connectivity index is 1.61. The van der Waals surface area contributed by atoms with E-state index in [-0.39, 0.29) is 30.3 Å². The van der Waals surface area contributed by atoms with E-state index in [0.29, 0.717) is 11.4 Å². The number of nitrogens with zero attached hydrogens (tertiary/aromatic N) is 3. The number of hydrogen-bond donors (Lipinski definition) is 2. The van der Waals surface area contributed by atoms with E-state index < -0.39 is 29.6 Å². The van der Waals surface area contributed by atoms with Gasteiger partial charge >= 0.3 is 0 Å². The van der Waals surface area contributed by atoms with Crippen molar-refractivity contribution in [2.45, 2.75) is 57.5 Å². The van der Waals surface area contributed by atoms with E-state index in [4.69, 9.17) is 4.52 Å². The van der Waals surface area contributed by atoms with Crippen LogP contribution in [0.15, 0.2) is 59.4 Å². The molecule has 1 aliphatic rings. The van der Waals surface area contributed by atoms with Crippen LogP contribution in [0.3, 0.4) is 0 Å². The number of pyridine rings is 1. The minimum atomic E-state index is -1.27. The van der Waals surface area contributed by atoms with Gasteiger partial charge in [-0.3, -0.25) is 24.3 Å². The van der Waals surface area contributed by atoms with E-state index in [0.717, 1.165) is 25.7 Å². The summed E-state index contributed by atoms with van der Waals surface area (Å²) in [7, 11) is 0. The first-order valence-corrected chi connectivity index (χ1v) is 11.9. The van der Waals surface area contributed by atoms with E-state index >= 15 is 0 Å². The van der Waals surface area contributed by atoms with Crippen LogP contribution < -0.4 is 15.5 Å². The maximum atomic E-state index is 15.0. The minimum Gasteiger partial charge on any atom is -0.360 e. The van der Waals surface area contributed by atoms with E-state index in [1.165, 1.54) is 35.5 Å². The van der Waals surface area contributed by atoms with Crippen LogP contribution in [0.25, 0.3) is 0 Å². The molecule has 1 aromatic carbocycles. The molecule has 0 saturated heterocycles. The highest BCUT2D eigenvalue weighted by atomic mass is 19.1. The molecule has 188 valence electrons. The molecule has 0 radical (unpaired) electrons. The minimum absolute atomic E-state index is 0.0330. The third kappa shape index (κ3) is 6.12. The number of halogens is 1. The Morgan fingerprint density at radius 3 is 2.58 bits per heavy atom. The number of amides is 3. The average molecular weight is 494 g/mol. The number of rotatable bonds is 9. The quantitative estimate of drug-likeness (QED) is 0.464. The largest absolute Gasteiger partial charge is 0.360 e. The third-order valence-electron chi connectivity index (χ3n) is 6.06. The van der Waals surface area contributed by atoms with E-state index in [9.17, 15) is 18.8 Å². The zero-order chi connectivity index (χ0) is 25.5. The highest BCUT2D eigenvalue weighted by Crippen LogP contribution is 2.31. The second kappa shape index (κ2) is 11.6. The van der Waals surface area contributed by atoms with Crippen LogP contribution in [0.2, 0.25) is 0 Å². The van der Waals surface area contributed by atoms with Crippen LogP contribution in [-0.2, 0) is 14.4 Å². The molecule has 1 atom stereocenters. The van der Waals surface area contributed by atoms with Gasteiger partial charge in [-0.2, -0.15) is 0 Å². The van der Waals surface area contributed by atoms with Crippen molar-refractivity contribution in [2.24, 2.45) is 0 Å². The molecule has 2 N–H and O–H groups in total. The molecule has 2 heterocycles. The summed E-state index contributed by atoms with van der Waals surface area (Å²) in [6.45, 7) is 1.69. The smallest absolute Gasteiger partial charge is 0.248 e. The molecule has 3 aromatic rings. The van der Waals surface area contributed by atoms with Gasteiger partial charge in [0, 0.05) is 36.7 Å². The first-order chi connectivity index (χ1) is 17.4. The lowest BCUT2D eigenvalue weighted by Gasteiger charge is -2.32. The standard InChI is InChI=1S/C26H28FN5O4/c1-17-15-22(31-36-17)30-23(33)12-13-24(34)32(19-9-6-14-28-16-19)25(20-10-4-5-11-21(20)27)26(35)29-18-7-2-3-8-18/h4-6,9-11,14-16,18,25H,2-3,7-8,12-13H2,1H3,(H,29,35)(H,30,31,33)/t25-/m0/s1. The molecule has 2 aromatic heterocycles. The van der Waals surface area contributed by atoms with Gasteiger partial charge in [0.05, 0.1) is 11.9 Å². The van der Waals surface area contributed by atoms with Crippen molar-refractivity contribution in [3.05, 3.63) is 72.0 Å². The van der Waals surface area contributed by atoms with Gasteiger partial charge < -0.3 is 15.2 Å². The SMILES string of the molecule is Cc1cc(NC(=O)CCC(=O)N(c2cccnc2)[C@H](C(=O)NC2CCCC2)c2ccccc2F)no1. The fourth-order valence-corrected chi connectivity index (χ4v) is 4.35. The Hall–Kier alpha value is -4.08. The number of carbonyl (C=O) groups is 3. The molecule has 1 fully saturated rings. The normalized spacial score (nSPS) is 14.3. The van der Waals surface area contributed by atoms with Gasteiger partial charge in [-0.25, -0.2) is 4.39 Å². The molecule has 3 amide bonds. The molecule has 10 heteroatoms. The highest BCUT2D eigenvalue weighted by Gasteiger charge is 2.36. The van der Waals surface area contributed by atoms with Gasteiger partial charge in [0.2, 0.25) is 17.7 Å². The van der Waals surface area contributed by atoms with Crippen LogP contribution in [0.4, 0.5) is 15.9 Å². The fourth-order valence-electron chi connectivity index (χ4n) is 4.35. The zero-order valence-corrected chi connectivity index (χ0v) is 19.9. The Morgan fingerprint density at radius 1 is 1.14 bits per heavy atom. The summed E-state index contributed by atoms with van der Waals surface area (Å²) < 4.78 is 19.9. The van der Waals surface area contributed by atoms with Gasteiger partial charge in [0.1, 0.15) is 17.6 Å². The molecule has 9 nitrogen and oxygen atoms in total. The Morgan fingerprint density at radius 2 is 1.92 bits per heavy atom. The molecule has 4 rings (SSSR count). The van der Waals surface area contributed by atoms with Crippen LogP contribution in [0.5, 0.6) is 0 Å². The first kappa shape index (κ1) is 25.0. The lowest BCUT2D eigenvalue weighted by atomic mass is 10.0. The Bertz CT molecular complexity index is 1210. The summed E-state index contributed by atoms with van der Waals surface area (Å²) in [6, 6.07) is 9.39. The van der Waals surface area contributed by atoms with Gasteiger partial charge in [0.15, 0.2) is 5.82 Å². The van der Waals surface area contributed by atoms with E-state index in [1.54, 1.807) is 31.2 Å². The van der Waals surface area contributed by atoms with Gasteiger partial charge in [0.25, 0.3) is 0 Å². The topological polar surface area (TPSA) is 117 Å². The van der Waals surface area contributed by atoms with Crippen LogP contribution in [-0.4, -0.2) is 33.9 Å². The van der Waals surface area contributed by atoms with Crippen molar-refractivity contribution in [1.29, 1.82) is 0 Å². The van der Waals surface area contributed by atoms with Crippen LogP contribution >= 0.6 is 0 Å². The molecule has 0 aliphatic heterocycles. The molecule has 0 unspecified atom stereocenters. The molecule has 0 spiro atoms. The molecule has 1 aliphatic carbocycles. The second-order valence-corrected chi connectivity index (χ2v) is 8.76. The fraction of sp³-hybridized carbons (Fsp3) is 0.346. The average Bonchev–Trinajstić information content (AvgIpc) is 3.53. The predicted octanol–water partition coefficient (Wildman–Crippen LogP) is 4.07. The first-order valence-electron chi connectivity index (χ1n) is 11.9. The lowest BCUT2D eigenvalue weighted by molar-refractivity contribution is -0.127. The summed E-state index contributed by atoms with van der Waals surface area (Å²) in [4.78, 5) is 44.9. The maximum absolute atomic E-state index is 15.0. The number of benzene rings is 1. The molecule has 1 saturated carbocycles. The number of carbonyl (C=O) groups excluding carboxylic acids is 3. The van der Waals surface area contributed by atoms with E-state index in [2.05, 4.69) is 20.8 Å². The van der Waals surface area contributed by atoms with Gasteiger partial charge in [-0.05, 0) is 38.0 Å². The highest BCUT2D eigenvalue weighted by molar-refractivity contribution is 6.03. The predicted molar refractivity (Wildman–Crippen MR) is 130 cm³/mol. The lowest BCUT2D eigenvalue weighted by Crippen LogP contribution is -2.46. The van der Waals surface area contributed by atoms with Crippen LogP contribution in [0.1, 0.15) is 55.9 Å². The van der Waals surface area contributed by atoms with Crippen molar-refractivity contribution in [3.63, 3.8) is 0 Å². The number of aromatic nitrogens is 2. The van der Waals surface area contributed by atoms with Gasteiger partial charge in [-0.15, -0.1) is 0 Å². The number of aryl methyl sites for hydroxylation is 1. The Kier molecular flexibility index (Phi) is 8.04. The zero-order valence-electron chi connectivity index (χ0n) is 19.9. The Labute approximate surface area is 208 Å². The third-order valence-corrected chi connectivity index (χ3v) is 6.06. The summed E-state index contributed by atoms with van der Waals surface area (Å²) in [5.74, 6) is -1.28.